The Morgan fingerprint density at radius 1 is 0.472 bits per heavy atom. The van der Waals surface area contributed by atoms with E-state index in [1.807, 2.05) is 24.7 Å². The van der Waals surface area contributed by atoms with Crippen molar-refractivity contribution in [2.45, 2.75) is 20.3 Å². The van der Waals surface area contributed by atoms with E-state index in [0.717, 1.165) is 40.1 Å². The molecule has 0 atom stereocenters. The number of benzene rings is 6. The van der Waals surface area contributed by atoms with Gasteiger partial charge in [-0.3, -0.25) is 9.55 Å². The number of fused-ring (bicyclic) bond motifs is 6. The van der Waals surface area contributed by atoms with Gasteiger partial charge in [0.2, 0.25) is 0 Å². The van der Waals surface area contributed by atoms with E-state index in [4.69, 9.17) is 9.97 Å². The molecule has 0 saturated carbocycles. The summed E-state index contributed by atoms with van der Waals surface area (Å²) in [5, 5.41) is 4.97. The number of pyridine rings is 2. The smallest absolute Gasteiger partial charge is 0.137 e. The number of hydrogen-bond acceptors (Lipinski definition) is 2. The number of aromatic nitrogens is 4. The second-order valence-electron chi connectivity index (χ2n) is 13.8. The third kappa shape index (κ3) is 4.98. The van der Waals surface area contributed by atoms with Gasteiger partial charge in [0.25, 0.3) is 0 Å². The molecule has 0 aliphatic heterocycles. The van der Waals surface area contributed by atoms with Crippen molar-refractivity contribution in [2.24, 2.45) is 0 Å². The monoisotopic (exact) mass is 680 g/mol. The molecule has 0 bridgehead atoms. The summed E-state index contributed by atoms with van der Waals surface area (Å²) in [5.41, 5.74) is 15.4. The van der Waals surface area contributed by atoms with Gasteiger partial charge in [0.05, 0.1) is 34.0 Å². The maximum Gasteiger partial charge on any atom is 0.137 e. The fourth-order valence-electron chi connectivity index (χ4n) is 8.31. The Hall–Kier alpha value is -6.78. The van der Waals surface area contributed by atoms with Crippen LogP contribution in [0.15, 0.2) is 170 Å². The molecule has 252 valence electrons. The average molecular weight is 681 g/mol. The first-order chi connectivity index (χ1) is 26.2. The van der Waals surface area contributed by atoms with Crippen LogP contribution in [0.3, 0.4) is 0 Å². The van der Waals surface area contributed by atoms with Gasteiger partial charge in [-0.2, -0.15) is 0 Å². The Labute approximate surface area is 308 Å². The lowest BCUT2D eigenvalue weighted by atomic mass is 9.91. The van der Waals surface area contributed by atoms with E-state index in [0.29, 0.717) is 0 Å². The second-order valence-corrected chi connectivity index (χ2v) is 13.8. The maximum atomic E-state index is 5.02. The van der Waals surface area contributed by atoms with Gasteiger partial charge in [-0.15, -0.1) is 0 Å². The Balaban J connectivity index is 1.16. The first-order valence-electron chi connectivity index (χ1n) is 18.3. The van der Waals surface area contributed by atoms with Crippen LogP contribution in [0.4, 0.5) is 0 Å². The van der Waals surface area contributed by atoms with Gasteiger partial charge in [0, 0.05) is 45.1 Å². The first-order valence-corrected chi connectivity index (χ1v) is 18.3. The van der Waals surface area contributed by atoms with Crippen LogP contribution in [0.1, 0.15) is 18.1 Å². The zero-order valence-corrected chi connectivity index (χ0v) is 29.7. The van der Waals surface area contributed by atoms with Crippen LogP contribution in [0, 0.1) is 6.92 Å². The molecule has 10 rings (SSSR count). The number of nitrogens with zero attached hydrogens (tertiary/aromatic N) is 4. The lowest BCUT2D eigenvalue weighted by Crippen LogP contribution is -1.99. The fraction of sp³-hybridized carbons (Fsp3) is 0.0612. The van der Waals surface area contributed by atoms with E-state index in [1.54, 1.807) is 0 Å². The minimum Gasteiger partial charge on any atom is -0.308 e. The van der Waals surface area contributed by atoms with Crippen LogP contribution in [-0.2, 0) is 6.42 Å². The molecule has 4 nitrogen and oxygen atoms in total. The number of rotatable bonds is 6. The average Bonchev–Trinajstić information content (AvgIpc) is 3.74. The van der Waals surface area contributed by atoms with Crippen LogP contribution in [0.5, 0.6) is 0 Å². The molecule has 10 aromatic rings. The molecule has 0 amide bonds. The van der Waals surface area contributed by atoms with E-state index in [1.165, 1.54) is 65.9 Å². The lowest BCUT2D eigenvalue weighted by Gasteiger charge is -2.15. The van der Waals surface area contributed by atoms with Crippen molar-refractivity contribution in [1.29, 1.82) is 0 Å². The molecule has 0 radical (unpaired) electrons. The lowest BCUT2D eigenvalue weighted by molar-refractivity contribution is 1.07. The van der Waals surface area contributed by atoms with Crippen LogP contribution in [-0.4, -0.2) is 19.1 Å². The third-order valence-electron chi connectivity index (χ3n) is 10.8. The summed E-state index contributed by atoms with van der Waals surface area (Å²) in [4.78, 5) is 9.73. The molecular formula is C49H36N4. The third-order valence-corrected chi connectivity index (χ3v) is 10.8. The molecule has 4 heteroatoms. The van der Waals surface area contributed by atoms with Crippen molar-refractivity contribution in [3.63, 3.8) is 0 Å². The highest BCUT2D eigenvalue weighted by Crippen LogP contribution is 2.42. The molecule has 6 aromatic carbocycles. The Bertz CT molecular complexity index is 2970. The van der Waals surface area contributed by atoms with Gasteiger partial charge in [-0.1, -0.05) is 110 Å². The number of hydrogen-bond donors (Lipinski definition) is 0. The maximum absolute atomic E-state index is 5.02. The van der Waals surface area contributed by atoms with Crippen LogP contribution < -0.4 is 0 Å². The summed E-state index contributed by atoms with van der Waals surface area (Å²) in [6, 6.07) is 54.4. The van der Waals surface area contributed by atoms with Crippen LogP contribution >= 0.6 is 0 Å². The Morgan fingerprint density at radius 3 is 1.87 bits per heavy atom. The molecule has 0 N–H and O–H groups in total. The predicted molar refractivity (Wildman–Crippen MR) is 221 cm³/mol. The van der Waals surface area contributed by atoms with Crippen molar-refractivity contribution in [3.05, 3.63) is 181 Å². The molecule has 4 heterocycles. The summed E-state index contributed by atoms with van der Waals surface area (Å²) in [6.07, 6.45) is 6.82. The van der Waals surface area contributed by atoms with Gasteiger partial charge in [0.15, 0.2) is 0 Å². The molecule has 4 aromatic heterocycles. The summed E-state index contributed by atoms with van der Waals surface area (Å²) in [6.45, 7) is 4.55. The van der Waals surface area contributed by atoms with Gasteiger partial charge in [-0.05, 0) is 95.3 Å². The van der Waals surface area contributed by atoms with E-state index >= 15 is 0 Å². The standard InChI is InChI=1S/C49H36N4/c1-3-33-27-47-43(40-18-10-12-20-44(40)53(47)48-25-22-36(30-51-48)34-14-6-4-7-15-34)28-42(33)39-23-24-46-49(32(39)2)41-19-11-13-21-45(41)52(46)38-26-37(29-50-31-38)35-16-8-5-9-17-35/h4-31H,3H2,1-2H3. The minimum absolute atomic E-state index is 0.907. The van der Waals surface area contributed by atoms with Gasteiger partial charge >= 0.3 is 0 Å². The van der Waals surface area contributed by atoms with Gasteiger partial charge < -0.3 is 4.57 Å². The highest BCUT2D eigenvalue weighted by atomic mass is 15.1. The van der Waals surface area contributed by atoms with Crippen molar-refractivity contribution >= 4 is 43.6 Å². The highest BCUT2D eigenvalue weighted by Gasteiger charge is 2.21. The Morgan fingerprint density at radius 2 is 1.15 bits per heavy atom. The second kappa shape index (κ2) is 12.5. The Kier molecular flexibility index (Phi) is 7.29. The van der Waals surface area contributed by atoms with E-state index < -0.39 is 0 Å². The molecule has 0 aliphatic rings. The summed E-state index contributed by atoms with van der Waals surface area (Å²) >= 11 is 0. The molecule has 0 spiro atoms. The van der Waals surface area contributed by atoms with E-state index in [-0.39, 0.29) is 0 Å². The van der Waals surface area contributed by atoms with Crippen molar-refractivity contribution < 1.29 is 0 Å². The summed E-state index contributed by atoms with van der Waals surface area (Å²) < 4.78 is 4.69. The molecule has 0 fully saturated rings. The SMILES string of the molecule is CCc1cc2c(cc1-c1ccc3c(c1C)c1ccccc1n3-c1cncc(-c3ccccc3)c1)c1ccccc1n2-c1ccc(-c2ccccc2)cn1. The van der Waals surface area contributed by atoms with Crippen molar-refractivity contribution in [1.82, 2.24) is 19.1 Å². The predicted octanol–water partition coefficient (Wildman–Crippen LogP) is 12.5. The summed E-state index contributed by atoms with van der Waals surface area (Å²) in [5.74, 6) is 0.918. The van der Waals surface area contributed by atoms with E-state index in [9.17, 15) is 0 Å². The number of para-hydroxylation sites is 2. The minimum atomic E-state index is 0.907. The van der Waals surface area contributed by atoms with Crippen LogP contribution in [0.2, 0.25) is 0 Å². The van der Waals surface area contributed by atoms with Gasteiger partial charge in [-0.25, -0.2) is 4.98 Å². The largest absolute Gasteiger partial charge is 0.308 e. The topological polar surface area (TPSA) is 35.6 Å². The van der Waals surface area contributed by atoms with Crippen molar-refractivity contribution in [3.8, 4) is 44.9 Å². The first kappa shape index (κ1) is 31.0. The quantitative estimate of drug-likeness (QED) is 0.175. The van der Waals surface area contributed by atoms with E-state index in [2.05, 4.69) is 169 Å². The molecule has 0 saturated heterocycles. The number of aryl methyl sites for hydroxylation is 2. The molecular weight excluding hydrogens is 645 g/mol. The molecule has 0 unspecified atom stereocenters. The zero-order valence-electron chi connectivity index (χ0n) is 29.7. The normalized spacial score (nSPS) is 11.7. The fourth-order valence-corrected chi connectivity index (χ4v) is 8.31. The van der Waals surface area contributed by atoms with Crippen molar-refractivity contribution in [2.75, 3.05) is 0 Å². The summed E-state index contributed by atoms with van der Waals surface area (Å²) in [7, 11) is 0. The highest BCUT2D eigenvalue weighted by molar-refractivity contribution is 6.14. The molecule has 0 aliphatic carbocycles. The van der Waals surface area contributed by atoms with Gasteiger partial charge in [0.1, 0.15) is 5.82 Å². The molecule has 53 heavy (non-hydrogen) atoms. The zero-order chi connectivity index (χ0) is 35.5. The van der Waals surface area contributed by atoms with Crippen LogP contribution in [0.25, 0.3) is 88.5 Å².